The Morgan fingerprint density at radius 3 is 2.13 bits per heavy atom. The minimum atomic E-state index is -4.03. The number of benzene rings is 2. The lowest BCUT2D eigenvalue weighted by atomic mass is 10.0. The van der Waals surface area contributed by atoms with E-state index in [0.29, 0.717) is 5.56 Å². The van der Waals surface area contributed by atoms with Gasteiger partial charge in [-0.3, -0.25) is 9.59 Å². The molecule has 0 aromatic heterocycles. The van der Waals surface area contributed by atoms with Crippen LogP contribution in [0.5, 0.6) is 11.5 Å². The Bertz CT molecular complexity index is 1120. The van der Waals surface area contributed by atoms with Gasteiger partial charge in [0.15, 0.2) is 11.5 Å². The van der Waals surface area contributed by atoms with E-state index in [9.17, 15) is 27.9 Å². The minimum Gasteiger partial charge on any atom is -0.493 e. The van der Waals surface area contributed by atoms with E-state index in [4.69, 9.17) is 9.47 Å². The maximum Gasteiger partial charge on any atom is 0.336 e. The van der Waals surface area contributed by atoms with Crippen LogP contribution in [0.15, 0.2) is 47.4 Å². The quantitative estimate of drug-likeness (QED) is 0.293. The van der Waals surface area contributed by atoms with Crippen molar-refractivity contribution in [3.8, 4) is 11.5 Å². The number of carboxylic acid groups (broad SMARTS) is 1. The number of rotatable bonds is 7. The highest BCUT2D eigenvalue weighted by Crippen LogP contribution is 2.30. The van der Waals surface area contributed by atoms with Gasteiger partial charge in [-0.05, 0) is 41.5 Å². The number of nitrogens with one attached hydrogen (secondary N) is 1. The lowest BCUT2D eigenvalue weighted by Crippen LogP contribution is -2.28. The van der Waals surface area contributed by atoms with E-state index in [1.807, 2.05) is 4.72 Å². The van der Waals surface area contributed by atoms with Gasteiger partial charge in [0.1, 0.15) is 0 Å². The zero-order valence-corrected chi connectivity index (χ0v) is 17.1. The maximum absolute atomic E-state index is 12.0. The van der Waals surface area contributed by atoms with E-state index in [-0.39, 0.29) is 27.5 Å². The number of hydrogen-bond acceptors (Lipinski definition) is 7. The normalized spacial score (nSPS) is 11.5. The van der Waals surface area contributed by atoms with Crippen molar-refractivity contribution >= 4 is 39.5 Å². The molecule has 158 valence electrons. The molecular formula is C20H19NO8S. The predicted molar refractivity (Wildman–Crippen MR) is 107 cm³/mol. The summed E-state index contributed by atoms with van der Waals surface area (Å²) in [5.41, 5.74) is 0.586. The first-order valence-corrected chi connectivity index (χ1v) is 9.97. The van der Waals surface area contributed by atoms with Crippen LogP contribution in [-0.4, -0.2) is 38.5 Å². The Morgan fingerprint density at radius 2 is 1.63 bits per heavy atom. The van der Waals surface area contributed by atoms with E-state index in [0.717, 1.165) is 6.92 Å². The second-order valence-electron chi connectivity index (χ2n) is 6.05. The zero-order chi connectivity index (χ0) is 22.5. The number of carbonyl (C=O) groups excluding carboxylic acids is 2. The second kappa shape index (κ2) is 9.23. The van der Waals surface area contributed by atoms with Gasteiger partial charge in [0.2, 0.25) is 5.91 Å². The van der Waals surface area contributed by atoms with Crippen LogP contribution in [0, 0.1) is 0 Å². The van der Waals surface area contributed by atoms with E-state index in [1.54, 1.807) is 6.07 Å². The lowest BCUT2D eigenvalue weighted by Gasteiger charge is -2.10. The van der Waals surface area contributed by atoms with Gasteiger partial charge in [0, 0.05) is 13.8 Å². The molecule has 0 saturated carbocycles. The van der Waals surface area contributed by atoms with E-state index >= 15 is 0 Å². The third kappa shape index (κ3) is 5.67. The number of ether oxygens (including phenoxy) is 2. The average Bonchev–Trinajstić information content (AvgIpc) is 2.65. The van der Waals surface area contributed by atoms with Crippen molar-refractivity contribution < 1.29 is 37.4 Å². The summed E-state index contributed by atoms with van der Waals surface area (Å²) in [4.78, 5) is 33.7. The van der Waals surface area contributed by atoms with Crippen molar-refractivity contribution in [3.63, 3.8) is 0 Å². The van der Waals surface area contributed by atoms with Crippen molar-refractivity contribution in [3.05, 3.63) is 53.6 Å². The van der Waals surface area contributed by atoms with Crippen LogP contribution in [0.25, 0.3) is 11.6 Å². The van der Waals surface area contributed by atoms with Gasteiger partial charge in [-0.2, -0.15) is 0 Å². The maximum atomic E-state index is 12.0. The highest BCUT2D eigenvalue weighted by atomic mass is 32.2. The minimum absolute atomic E-state index is 0.110. The molecule has 0 radical (unpaired) electrons. The lowest BCUT2D eigenvalue weighted by molar-refractivity contribution is -0.132. The van der Waals surface area contributed by atoms with Gasteiger partial charge < -0.3 is 14.6 Å². The average molecular weight is 433 g/mol. The number of esters is 1. The molecule has 0 spiro atoms. The van der Waals surface area contributed by atoms with Crippen molar-refractivity contribution in [2.75, 3.05) is 7.11 Å². The molecule has 0 aliphatic rings. The molecule has 0 atom stereocenters. The Morgan fingerprint density at radius 1 is 1.00 bits per heavy atom. The molecule has 2 aromatic carbocycles. The summed E-state index contributed by atoms with van der Waals surface area (Å²) < 4.78 is 36.0. The molecule has 0 saturated heterocycles. The second-order valence-corrected chi connectivity index (χ2v) is 7.74. The first-order chi connectivity index (χ1) is 14.0. The third-order valence-electron chi connectivity index (χ3n) is 3.74. The Kier molecular flexibility index (Phi) is 6.96. The van der Waals surface area contributed by atoms with Crippen LogP contribution in [0.4, 0.5) is 0 Å². The molecule has 1 amide bonds. The fraction of sp³-hybridized carbons (Fsp3) is 0.150. The molecule has 0 bridgehead atoms. The van der Waals surface area contributed by atoms with Gasteiger partial charge >= 0.3 is 11.9 Å². The van der Waals surface area contributed by atoms with Crippen molar-refractivity contribution in [2.45, 2.75) is 18.7 Å². The summed E-state index contributed by atoms with van der Waals surface area (Å²) >= 11 is 0. The molecule has 0 heterocycles. The Balaban J connectivity index is 2.43. The molecular weight excluding hydrogens is 414 g/mol. The van der Waals surface area contributed by atoms with Crippen LogP contribution in [0.1, 0.15) is 25.0 Å². The number of carbonyl (C=O) groups is 3. The summed E-state index contributed by atoms with van der Waals surface area (Å²) in [6.45, 7) is 2.31. The molecule has 2 N–H and O–H groups in total. The molecule has 0 fully saturated rings. The predicted octanol–water partition coefficient (Wildman–Crippen LogP) is 2.07. The van der Waals surface area contributed by atoms with Crippen LogP contribution in [0.2, 0.25) is 0 Å². The molecule has 0 aliphatic carbocycles. The number of sulfonamides is 1. The van der Waals surface area contributed by atoms with Crippen LogP contribution < -0.4 is 14.2 Å². The van der Waals surface area contributed by atoms with Gasteiger partial charge in [-0.15, -0.1) is 0 Å². The van der Waals surface area contributed by atoms with Crippen LogP contribution >= 0.6 is 0 Å². The highest BCUT2D eigenvalue weighted by molar-refractivity contribution is 7.90. The van der Waals surface area contributed by atoms with Crippen molar-refractivity contribution in [2.24, 2.45) is 0 Å². The molecule has 30 heavy (non-hydrogen) atoms. The van der Waals surface area contributed by atoms with Gasteiger partial charge in [-0.1, -0.05) is 18.2 Å². The van der Waals surface area contributed by atoms with Crippen LogP contribution in [0.3, 0.4) is 0 Å². The fourth-order valence-corrected chi connectivity index (χ4v) is 3.50. The largest absolute Gasteiger partial charge is 0.493 e. The Hall–Kier alpha value is -3.66. The van der Waals surface area contributed by atoms with E-state index < -0.39 is 27.9 Å². The standard InChI is InChI=1S/C20H19NO8S/c1-12(22)21-30(26,27)16-7-5-15(6-8-16)17(20(24)25)10-14-4-9-18(29-13(2)23)19(11-14)28-3/h4-11H,1-3H3,(H,21,22)(H,24,25)/b17-10+. The summed E-state index contributed by atoms with van der Waals surface area (Å²) in [6.07, 6.45) is 1.36. The van der Waals surface area contributed by atoms with Gasteiger partial charge in [0.05, 0.1) is 17.6 Å². The van der Waals surface area contributed by atoms with Crippen molar-refractivity contribution in [1.82, 2.24) is 4.72 Å². The number of carboxylic acids is 1. The zero-order valence-electron chi connectivity index (χ0n) is 16.3. The highest BCUT2D eigenvalue weighted by Gasteiger charge is 2.17. The summed E-state index contributed by atoms with van der Waals surface area (Å²) in [6, 6.07) is 9.53. The topological polar surface area (TPSA) is 136 Å². The molecule has 0 aliphatic heterocycles. The molecule has 2 rings (SSSR count). The van der Waals surface area contributed by atoms with E-state index in [1.165, 1.54) is 56.5 Å². The van der Waals surface area contributed by atoms with Crippen LogP contribution in [-0.2, 0) is 24.4 Å². The SMILES string of the molecule is COc1cc(/C=C(/C(=O)O)c2ccc(S(=O)(=O)NC(C)=O)cc2)ccc1OC(C)=O. The molecule has 10 heteroatoms. The first kappa shape index (κ1) is 22.6. The number of amides is 1. The fourth-order valence-electron chi connectivity index (χ4n) is 2.51. The summed E-state index contributed by atoms with van der Waals surface area (Å²) in [5.74, 6) is -2.09. The third-order valence-corrected chi connectivity index (χ3v) is 5.19. The number of methoxy groups -OCH3 is 1. The van der Waals surface area contributed by atoms with Crippen molar-refractivity contribution in [1.29, 1.82) is 0 Å². The number of aliphatic carboxylic acids is 1. The summed E-state index contributed by atoms with van der Waals surface area (Å²) in [7, 11) is -2.65. The Labute approximate surface area is 173 Å². The first-order valence-electron chi connectivity index (χ1n) is 8.48. The summed E-state index contributed by atoms with van der Waals surface area (Å²) in [5, 5.41) is 9.59. The van der Waals surface area contributed by atoms with Gasteiger partial charge in [-0.25, -0.2) is 17.9 Å². The number of hydrogen-bond donors (Lipinski definition) is 2. The molecule has 2 aromatic rings. The van der Waals surface area contributed by atoms with Gasteiger partial charge in [0.25, 0.3) is 10.0 Å². The monoisotopic (exact) mass is 433 g/mol. The smallest absolute Gasteiger partial charge is 0.336 e. The molecule has 0 unspecified atom stereocenters. The van der Waals surface area contributed by atoms with E-state index in [2.05, 4.69) is 0 Å². The molecule has 9 nitrogen and oxygen atoms in total.